The Morgan fingerprint density at radius 3 is 0.931 bits per heavy atom. The Balaban J connectivity index is 4.28. The molecule has 406 valence electrons. The highest BCUT2D eigenvalue weighted by Crippen LogP contribution is 2.15. The summed E-state index contributed by atoms with van der Waals surface area (Å²) in [6, 6.07) is 0. The van der Waals surface area contributed by atoms with Crippen LogP contribution in [0.2, 0.25) is 0 Å². The molecule has 0 aliphatic rings. The van der Waals surface area contributed by atoms with Gasteiger partial charge in [-0.05, 0) is 109 Å². The van der Waals surface area contributed by atoms with Gasteiger partial charge in [-0.15, -0.1) is 0 Å². The van der Waals surface area contributed by atoms with Gasteiger partial charge in [0.05, 0.1) is 6.42 Å². The van der Waals surface area contributed by atoms with Crippen LogP contribution in [-0.4, -0.2) is 37.2 Å². The Morgan fingerprint density at radius 2 is 0.583 bits per heavy atom. The number of ether oxygens (including phenoxy) is 3. The van der Waals surface area contributed by atoms with E-state index in [0.29, 0.717) is 19.3 Å². The lowest BCUT2D eigenvalue weighted by molar-refractivity contribution is -0.166. The molecule has 0 rings (SSSR count). The zero-order chi connectivity index (χ0) is 52.2. The SMILES string of the molecule is CC/C=C\C/C=C\C/C=C\C/C=C\C/C=C\CCCCCCCCCCCCCCCC(=O)OCC(COC(=O)CCCCCCC/C=C\CCC)OC(=O)C/C=C\C/C=C\C/C=C\C/C=C\C/C=C\CC. The maximum Gasteiger partial charge on any atom is 0.310 e. The maximum absolute atomic E-state index is 12.8. The highest BCUT2D eigenvalue weighted by Gasteiger charge is 2.19. The van der Waals surface area contributed by atoms with Crippen LogP contribution < -0.4 is 0 Å². The normalized spacial score (nSPS) is 13.1. The molecule has 0 spiro atoms. The predicted octanol–water partition coefficient (Wildman–Crippen LogP) is 19.8. The van der Waals surface area contributed by atoms with Crippen molar-refractivity contribution >= 4 is 17.9 Å². The van der Waals surface area contributed by atoms with Crippen molar-refractivity contribution in [2.24, 2.45) is 0 Å². The molecule has 6 nitrogen and oxygen atoms in total. The smallest absolute Gasteiger partial charge is 0.310 e. The molecule has 0 saturated heterocycles. The second-order valence-electron chi connectivity index (χ2n) is 18.8. The number of rotatable bonds is 51. The quantitative estimate of drug-likeness (QED) is 0.0261. The molecule has 0 aliphatic heterocycles. The van der Waals surface area contributed by atoms with E-state index in [-0.39, 0.29) is 31.6 Å². The lowest BCUT2D eigenvalue weighted by Crippen LogP contribution is -2.30. The van der Waals surface area contributed by atoms with E-state index in [1.165, 1.54) is 83.5 Å². The number of hydrogen-bond donors (Lipinski definition) is 0. The van der Waals surface area contributed by atoms with E-state index in [1.54, 1.807) is 6.08 Å². The molecule has 1 unspecified atom stereocenters. The van der Waals surface area contributed by atoms with E-state index in [2.05, 4.69) is 142 Å². The average Bonchev–Trinajstić information content (AvgIpc) is 3.38. The third-order valence-electron chi connectivity index (χ3n) is 11.9. The molecule has 0 heterocycles. The summed E-state index contributed by atoms with van der Waals surface area (Å²) >= 11 is 0. The van der Waals surface area contributed by atoms with Crippen LogP contribution in [0, 0.1) is 0 Å². The van der Waals surface area contributed by atoms with E-state index in [4.69, 9.17) is 14.2 Å². The molecule has 0 saturated carbocycles. The van der Waals surface area contributed by atoms with Crippen LogP contribution in [0.1, 0.15) is 245 Å². The van der Waals surface area contributed by atoms with Crippen molar-refractivity contribution in [3.63, 3.8) is 0 Å². The summed E-state index contributed by atoms with van der Waals surface area (Å²) in [5.74, 6) is -1.07. The number of unbranched alkanes of at least 4 members (excludes halogenated alkanes) is 19. The van der Waals surface area contributed by atoms with Gasteiger partial charge in [0, 0.05) is 12.8 Å². The second-order valence-corrected chi connectivity index (χ2v) is 18.8. The zero-order valence-electron chi connectivity index (χ0n) is 46.4. The molecule has 0 fully saturated rings. The highest BCUT2D eigenvalue weighted by molar-refractivity contribution is 5.72. The Labute approximate surface area is 443 Å². The van der Waals surface area contributed by atoms with Gasteiger partial charge in [-0.25, -0.2) is 0 Å². The summed E-state index contributed by atoms with van der Waals surface area (Å²) < 4.78 is 16.7. The van der Waals surface area contributed by atoms with Gasteiger partial charge in [-0.2, -0.15) is 0 Å². The van der Waals surface area contributed by atoms with Gasteiger partial charge in [0.25, 0.3) is 0 Å². The number of esters is 3. The molecule has 0 aromatic rings. The first kappa shape index (κ1) is 67.5. The van der Waals surface area contributed by atoms with Crippen molar-refractivity contribution in [2.45, 2.75) is 252 Å². The first-order chi connectivity index (χ1) is 35.5. The predicted molar refractivity (Wildman–Crippen MR) is 311 cm³/mol. The second kappa shape index (κ2) is 59.1. The molecular formula is C66H106O6. The summed E-state index contributed by atoms with van der Waals surface area (Å²) in [4.78, 5) is 38.0. The Hall–Kier alpha value is -4.45. The summed E-state index contributed by atoms with van der Waals surface area (Å²) in [5.41, 5.74) is 0. The third kappa shape index (κ3) is 56.5. The standard InChI is InChI=1S/C66H106O6/c1-4-7-10-13-16-19-22-24-26-27-28-29-30-31-32-33-34-35-36-37-38-39-41-42-44-47-50-53-56-59-65(68)71-62-63(61-70-64(67)58-55-52-49-46-21-18-15-12-9-6-3)72-66(69)60-57-54-51-48-45-43-40-25-23-20-17-14-11-8-5-2/h7-8,10-12,15-17,19-20,24-26,28-29,31-32,40,45,48,54,57,63H,4-6,9,13-14,18,21-23,27,30,33-39,41-44,46-47,49-53,55-56,58-62H2,1-3H3/b10-7-,11-8-,15-12-,19-16-,20-17-,26-24-,29-28-,32-31-,40-25-,48-45-,57-54-. The van der Waals surface area contributed by atoms with Gasteiger partial charge in [-0.3, -0.25) is 14.4 Å². The molecule has 1 atom stereocenters. The molecule has 0 radical (unpaired) electrons. The van der Waals surface area contributed by atoms with E-state index in [1.807, 2.05) is 6.08 Å². The first-order valence-corrected chi connectivity index (χ1v) is 29.2. The Kier molecular flexibility index (Phi) is 55.5. The molecule has 0 aromatic heterocycles. The zero-order valence-corrected chi connectivity index (χ0v) is 46.4. The number of carbonyl (C=O) groups excluding carboxylic acids is 3. The number of allylic oxidation sites excluding steroid dienone is 21. The van der Waals surface area contributed by atoms with Crippen LogP contribution in [0.4, 0.5) is 0 Å². The topological polar surface area (TPSA) is 78.9 Å². The Morgan fingerprint density at radius 1 is 0.306 bits per heavy atom. The van der Waals surface area contributed by atoms with Crippen LogP contribution in [-0.2, 0) is 28.6 Å². The Bertz CT molecular complexity index is 1560. The monoisotopic (exact) mass is 995 g/mol. The van der Waals surface area contributed by atoms with E-state index in [0.717, 1.165) is 116 Å². The summed E-state index contributed by atoms with van der Waals surface area (Å²) in [5, 5.41) is 0. The van der Waals surface area contributed by atoms with Crippen molar-refractivity contribution in [3.8, 4) is 0 Å². The largest absolute Gasteiger partial charge is 0.462 e. The van der Waals surface area contributed by atoms with Crippen LogP contribution in [0.5, 0.6) is 0 Å². The lowest BCUT2D eigenvalue weighted by Gasteiger charge is -2.18. The van der Waals surface area contributed by atoms with Crippen LogP contribution in [0.15, 0.2) is 134 Å². The minimum atomic E-state index is -0.839. The van der Waals surface area contributed by atoms with Crippen molar-refractivity contribution in [1.29, 1.82) is 0 Å². The molecular weight excluding hydrogens is 889 g/mol. The minimum Gasteiger partial charge on any atom is -0.462 e. The molecule has 0 N–H and O–H groups in total. The summed E-state index contributed by atoms with van der Waals surface area (Å²) in [7, 11) is 0. The van der Waals surface area contributed by atoms with Gasteiger partial charge >= 0.3 is 17.9 Å². The van der Waals surface area contributed by atoms with Crippen molar-refractivity contribution in [2.75, 3.05) is 13.2 Å². The molecule has 0 bridgehead atoms. The molecule has 6 heteroatoms. The van der Waals surface area contributed by atoms with E-state index >= 15 is 0 Å². The van der Waals surface area contributed by atoms with Crippen molar-refractivity contribution < 1.29 is 28.6 Å². The molecule has 72 heavy (non-hydrogen) atoms. The van der Waals surface area contributed by atoms with Gasteiger partial charge in [0.1, 0.15) is 13.2 Å². The van der Waals surface area contributed by atoms with Crippen LogP contribution in [0.3, 0.4) is 0 Å². The van der Waals surface area contributed by atoms with Crippen LogP contribution in [0.25, 0.3) is 0 Å². The van der Waals surface area contributed by atoms with E-state index < -0.39 is 12.1 Å². The van der Waals surface area contributed by atoms with Crippen molar-refractivity contribution in [3.05, 3.63) is 134 Å². The molecule has 0 aliphatic carbocycles. The maximum atomic E-state index is 12.8. The fourth-order valence-corrected chi connectivity index (χ4v) is 7.61. The van der Waals surface area contributed by atoms with Crippen molar-refractivity contribution in [1.82, 2.24) is 0 Å². The molecule has 0 amide bonds. The van der Waals surface area contributed by atoms with Gasteiger partial charge < -0.3 is 14.2 Å². The number of carbonyl (C=O) groups is 3. The van der Waals surface area contributed by atoms with E-state index in [9.17, 15) is 14.4 Å². The lowest BCUT2D eigenvalue weighted by atomic mass is 10.0. The highest BCUT2D eigenvalue weighted by atomic mass is 16.6. The molecule has 0 aromatic carbocycles. The fraction of sp³-hybridized carbons (Fsp3) is 0.621. The van der Waals surface area contributed by atoms with Gasteiger partial charge in [0.15, 0.2) is 6.10 Å². The average molecular weight is 996 g/mol. The third-order valence-corrected chi connectivity index (χ3v) is 11.9. The fourth-order valence-electron chi connectivity index (χ4n) is 7.61. The first-order valence-electron chi connectivity index (χ1n) is 29.2. The summed E-state index contributed by atoms with van der Waals surface area (Å²) in [6.45, 7) is 6.25. The number of hydrogen-bond acceptors (Lipinski definition) is 6. The summed E-state index contributed by atoms with van der Waals surface area (Å²) in [6.07, 6.45) is 83.5. The van der Waals surface area contributed by atoms with Gasteiger partial charge in [0.2, 0.25) is 0 Å². The minimum absolute atomic E-state index is 0.0911. The van der Waals surface area contributed by atoms with Gasteiger partial charge in [-0.1, -0.05) is 251 Å². The van der Waals surface area contributed by atoms with Crippen LogP contribution >= 0.6 is 0 Å².